The highest BCUT2D eigenvalue weighted by atomic mass is 16.5. The van der Waals surface area contributed by atoms with Gasteiger partial charge in [0.25, 0.3) is 0 Å². The summed E-state index contributed by atoms with van der Waals surface area (Å²) < 4.78 is 9.90. The largest absolute Gasteiger partial charge is 0.497 e. The summed E-state index contributed by atoms with van der Waals surface area (Å²) in [6.07, 6.45) is 2.32. The maximum atomic E-state index is 12.4. The molecule has 5 heteroatoms. The summed E-state index contributed by atoms with van der Waals surface area (Å²) in [6.45, 7) is 4.67. The predicted octanol–water partition coefficient (Wildman–Crippen LogP) is 3.02. The van der Waals surface area contributed by atoms with E-state index in [-0.39, 0.29) is 17.8 Å². The molecule has 1 unspecified atom stereocenters. The number of benzene rings is 1. The van der Waals surface area contributed by atoms with Gasteiger partial charge in [-0.3, -0.25) is 9.59 Å². The van der Waals surface area contributed by atoms with Crippen LogP contribution in [0.2, 0.25) is 0 Å². The SMILES string of the molecule is CCCCC(=O)N(Cc1ccc(OC)cc1)CC(C)C(=O)OC. The molecule has 23 heavy (non-hydrogen) atoms. The number of nitrogens with zero attached hydrogens (tertiary/aromatic N) is 1. The minimum atomic E-state index is -0.344. The molecule has 0 spiro atoms. The van der Waals surface area contributed by atoms with Crippen molar-refractivity contribution in [2.24, 2.45) is 5.92 Å². The summed E-state index contributed by atoms with van der Waals surface area (Å²) in [7, 11) is 2.99. The number of amides is 1. The zero-order chi connectivity index (χ0) is 17.2. The monoisotopic (exact) mass is 321 g/mol. The van der Waals surface area contributed by atoms with Crippen molar-refractivity contribution in [3.63, 3.8) is 0 Å². The average Bonchev–Trinajstić information content (AvgIpc) is 2.58. The first-order valence-corrected chi connectivity index (χ1v) is 8.00. The van der Waals surface area contributed by atoms with E-state index >= 15 is 0 Å². The van der Waals surface area contributed by atoms with Gasteiger partial charge in [0.05, 0.1) is 20.1 Å². The molecule has 1 atom stereocenters. The van der Waals surface area contributed by atoms with Crippen LogP contribution in [0.5, 0.6) is 5.75 Å². The Balaban J connectivity index is 2.80. The molecule has 0 aromatic heterocycles. The second-order valence-electron chi connectivity index (χ2n) is 5.65. The van der Waals surface area contributed by atoms with Gasteiger partial charge < -0.3 is 14.4 Å². The number of hydrogen-bond acceptors (Lipinski definition) is 4. The van der Waals surface area contributed by atoms with Crippen molar-refractivity contribution in [2.45, 2.75) is 39.7 Å². The minimum Gasteiger partial charge on any atom is -0.497 e. The van der Waals surface area contributed by atoms with Crippen LogP contribution in [0.3, 0.4) is 0 Å². The predicted molar refractivity (Wildman–Crippen MR) is 89.1 cm³/mol. The van der Waals surface area contributed by atoms with Gasteiger partial charge in [0.15, 0.2) is 0 Å². The van der Waals surface area contributed by atoms with Gasteiger partial charge in [0.2, 0.25) is 5.91 Å². The number of rotatable bonds is 9. The molecule has 0 bridgehead atoms. The van der Waals surface area contributed by atoms with Gasteiger partial charge in [-0.05, 0) is 24.1 Å². The van der Waals surface area contributed by atoms with E-state index in [4.69, 9.17) is 9.47 Å². The quantitative estimate of drug-likeness (QED) is 0.656. The molecule has 0 N–H and O–H groups in total. The van der Waals surface area contributed by atoms with Crippen molar-refractivity contribution < 1.29 is 19.1 Å². The summed E-state index contributed by atoms with van der Waals surface area (Å²) in [4.78, 5) is 25.8. The lowest BCUT2D eigenvalue weighted by Crippen LogP contribution is -2.36. The van der Waals surface area contributed by atoms with Gasteiger partial charge in [-0.1, -0.05) is 32.4 Å². The summed E-state index contributed by atoms with van der Waals surface area (Å²) in [5.74, 6) is 0.204. The summed E-state index contributed by atoms with van der Waals surface area (Å²) in [5.41, 5.74) is 1.01. The fourth-order valence-electron chi connectivity index (χ4n) is 2.30. The number of carbonyl (C=O) groups excluding carboxylic acids is 2. The van der Waals surface area contributed by atoms with Crippen LogP contribution in [0.15, 0.2) is 24.3 Å². The third-order valence-electron chi connectivity index (χ3n) is 3.73. The lowest BCUT2D eigenvalue weighted by atomic mass is 10.1. The fourth-order valence-corrected chi connectivity index (χ4v) is 2.30. The van der Waals surface area contributed by atoms with Crippen molar-refractivity contribution in [1.29, 1.82) is 0 Å². The van der Waals surface area contributed by atoms with Crippen LogP contribution in [-0.2, 0) is 20.9 Å². The summed E-state index contributed by atoms with van der Waals surface area (Å²) in [6, 6.07) is 7.60. The normalized spacial score (nSPS) is 11.7. The van der Waals surface area contributed by atoms with E-state index in [0.29, 0.717) is 19.5 Å². The molecule has 1 amide bonds. The first-order valence-electron chi connectivity index (χ1n) is 8.00. The number of unbranched alkanes of at least 4 members (excludes halogenated alkanes) is 1. The van der Waals surface area contributed by atoms with Gasteiger partial charge in [-0.2, -0.15) is 0 Å². The maximum Gasteiger partial charge on any atom is 0.310 e. The van der Waals surface area contributed by atoms with E-state index in [1.807, 2.05) is 24.3 Å². The third kappa shape index (κ3) is 6.30. The lowest BCUT2D eigenvalue weighted by molar-refractivity contribution is -0.146. The van der Waals surface area contributed by atoms with E-state index in [1.165, 1.54) is 7.11 Å². The van der Waals surface area contributed by atoms with E-state index in [0.717, 1.165) is 24.2 Å². The highest BCUT2D eigenvalue weighted by molar-refractivity contribution is 5.78. The first-order chi connectivity index (χ1) is 11.0. The van der Waals surface area contributed by atoms with Crippen LogP contribution in [0, 0.1) is 5.92 Å². The Kier molecular flexibility index (Phi) is 8.16. The van der Waals surface area contributed by atoms with Gasteiger partial charge in [-0.15, -0.1) is 0 Å². The van der Waals surface area contributed by atoms with Gasteiger partial charge in [-0.25, -0.2) is 0 Å². The highest BCUT2D eigenvalue weighted by Crippen LogP contribution is 2.15. The van der Waals surface area contributed by atoms with Crippen molar-refractivity contribution in [3.8, 4) is 5.75 Å². The molecule has 1 aromatic rings. The summed E-state index contributed by atoms with van der Waals surface area (Å²) in [5, 5.41) is 0. The Morgan fingerprint density at radius 1 is 1.17 bits per heavy atom. The van der Waals surface area contributed by atoms with Crippen molar-refractivity contribution in [2.75, 3.05) is 20.8 Å². The zero-order valence-electron chi connectivity index (χ0n) is 14.5. The average molecular weight is 321 g/mol. The number of hydrogen-bond donors (Lipinski definition) is 0. The van der Waals surface area contributed by atoms with E-state index < -0.39 is 0 Å². The second kappa shape index (κ2) is 9.87. The Hall–Kier alpha value is -2.04. The van der Waals surface area contributed by atoms with E-state index in [9.17, 15) is 9.59 Å². The molecule has 1 rings (SSSR count). The topological polar surface area (TPSA) is 55.8 Å². The number of ether oxygens (including phenoxy) is 2. The van der Waals surface area contributed by atoms with Gasteiger partial charge in [0.1, 0.15) is 5.75 Å². The summed E-state index contributed by atoms with van der Waals surface area (Å²) >= 11 is 0. The van der Waals surface area contributed by atoms with Crippen molar-refractivity contribution in [3.05, 3.63) is 29.8 Å². The first kappa shape index (κ1) is 19.0. The van der Waals surface area contributed by atoms with Crippen molar-refractivity contribution >= 4 is 11.9 Å². The van der Waals surface area contributed by atoms with Gasteiger partial charge in [0, 0.05) is 19.5 Å². The molecule has 0 aliphatic heterocycles. The molecule has 0 saturated heterocycles. The third-order valence-corrected chi connectivity index (χ3v) is 3.73. The molecule has 0 aliphatic carbocycles. The second-order valence-corrected chi connectivity index (χ2v) is 5.65. The number of carbonyl (C=O) groups is 2. The van der Waals surface area contributed by atoms with Crippen LogP contribution < -0.4 is 4.74 Å². The smallest absolute Gasteiger partial charge is 0.310 e. The molecule has 0 aliphatic rings. The highest BCUT2D eigenvalue weighted by Gasteiger charge is 2.21. The Morgan fingerprint density at radius 3 is 2.35 bits per heavy atom. The molecule has 0 fully saturated rings. The molecular formula is C18H27NO4. The number of methoxy groups -OCH3 is 2. The Morgan fingerprint density at radius 2 is 1.83 bits per heavy atom. The molecule has 1 aromatic carbocycles. The minimum absolute atomic E-state index is 0.0680. The molecule has 5 nitrogen and oxygen atoms in total. The van der Waals surface area contributed by atoms with Crippen LogP contribution in [0.25, 0.3) is 0 Å². The van der Waals surface area contributed by atoms with Crippen LogP contribution in [-0.4, -0.2) is 37.5 Å². The lowest BCUT2D eigenvalue weighted by Gasteiger charge is -2.25. The van der Waals surface area contributed by atoms with Gasteiger partial charge >= 0.3 is 5.97 Å². The molecule has 128 valence electrons. The molecule has 0 heterocycles. The Bertz CT molecular complexity index is 498. The maximum absolute atomic E-state index is 12.4. The standard InChI is InChI=1S/C18H27NO4/c1-5-6-7-17(20)19(12-14(2)18(21)23-4)13-15-8-10-16(22-3)11-9-15/h8-11,14H,5-7,12-13H2,1-4H3. The molecule has 0 radical (unpaired) electrons. The Labute approximate surface area is 138 Å². The van der Waals surface area contributed by atoms with E-state index in [1.54, 1.807) is 18.9 Å². The van der Waals surface area contributed by atoms with Crippen molar-refractivity contribution in [1.82, 2.24) is 4.90 Å². The van der Waals surface area contributed by atoms with Crippen LogP contribution >= 0.6 is 0 Å². The molecule has 0 saturated carbocycles. The molecular weight excluding hydrogens is 294 g/mol. The fraction of sp³-hybridized carbons (Fsp3) is 0.556. The number of esters is 1. The zero-order valence-corrected chi connectivity index (χ0v) is 14.5. The van der Waals surface area contributed by atoms with E-state index in [2.05, 4.69) is 6.92 Å². The van der Waals surface area contributed by atoms with Crippen LogP contribution in [0.4, 0.5) is 0 Å². The van der Waals surface area contributed by atoms with Crippen LogP contribution in [0.1, 0.15) is 38.7 Å².